The predicted molar refractivity (Wildman–Crippen MR) is 118 cm³/mol. The fraction of sp³-hybridized carbons (Fsp3) is 0.292. The molecule has 1 heterocycles. The Morgan fingerprint density at radius 3 is 2.12 bits per heavy atom. The van der Waals surface area contributed by atoms with Crippen LogP contribution in [0.3, 0.4) is 0 Å². The first-order valence-electron chi connectivity index (χ1n) is 10.1. The zero-order valence-corrected chi connectivity index (χ0v) is 18.8. The fourth-order valence-corrected chi connectivity index (χ4v) is 3.75. The second-order valence-corrected chi connectivity index (χ2v) is 7.19. The molecular weight excluding hydrogens is 430 g/mol. The summed E-state index contributed by atoms with van der Waals surface area (Å²) in [5.41, 5.74) is 0.588. The van der Waals surface area contributed by atoms with Crippen LogP contribution in [-0.2, 0) is 19.1 Å². The molecule has 9 heteroatoms. The number of aliphatic hydroxyl groups is 1. The quantitative estimate of drug-likeness (QED) is 0.213. The van der Waals surface area contributed by atoms with Gasteiger partial charge < -0.3 is 29.0 Å². The first-order chi connectivity index (χ1) is 15.8. The van der Waals surface area contributed by atoms with Gasteiger partial charge in [0.2, 0.25) is 0 Å². The van der Waals surface area contributed by atoms with E-state index in [2.05, 4.69) is 0 Å². The maximum absolute atomic E-state index is 13.1. The second-order valence-electron chi connectivity index (χ2n) is 7.19. The molecule has 1 N–H and O–H groups in total. The number of ether oxygens (including phenoxy) is 4. The van der Waals surface area contributed by atoms with E-state index in [0.717, 1.165) is 0 Å². The van der Waals surface area contributed by atoms with Gasteiger partial charge in [-0.15, -0.1) is 0 Å². The van der Waals surface area contributed by atoms with Gasteiger partial charge in [-0.2, -0.15) is 0 Å². The Kier molecular flexibility index (Phi) is 7.34. The Balaban J connectivity index is 2.20. The molecule has 0 aliphatic carbocycles. The second kappa shape index (κ2) is 10.2. The van der Waals surface area contributed by atoms with E-state index < -0.39 is 29.5 Å². The average Bonchev–Trinajstić information content (AvgIpc) is 3.06. The van der Waals surface area contributed by atoms with Gasteiger partial charge in [-0.25, -0.2) is 0 Å². The Morgan fingerprint density at radius 2 is 1.61 bits per heavy atom. The summed E-state index contributed by atoms with van der Waals surface area (Å²) in [5.74, 6) is -1.64. The van der Waals surface area contributed by atoms with Gasteiger partial charge in [0.25, 0.3) is 11.7 Å². The summed E-state index contributed by atoms with van der Waals surface area (Å²) in [6, 6.07) is 10.4. The smallest absolute Gasteiger partial charge is 0.308 e. The van der Waals surface area contributed by atoms with Crippen molar-refractivity contribution in [2.75, 3.05) is 34.5 Å². The van der Waals surface area contributed by atoms with Crippen LogP contribution in [0.4, 0.5) is 0 Å². The van der Waals surface area contributed by atoms with Gasteiger partial charge in [0.15, 0.2) is 0 Å². The summed E-state index contributed by atoms with van der Waals surface area (Å²) in [5, 5.41) is 11.3. The monoisotopic (exact) mass is 455 g/mol. The highest BCUT2D eigenvalue weighted by atomic mass is 16.5. The number of methoxy groups -OCH3 is 3. The van der Waals surface area contributed by atoms with Crippen molar-refractivity contribution in [1.29, 1.82) is 0 Å². The van der Waals surface area contributed by atoms with Crippen LogP contribution < -0.4 is 14.2 Å². The molecule has 1 fully saturated rings. The van der Waals surface area contributed by atoms with Crippen LogP contribution in [0.15, 0.2) is 48.0 Å². The van der Waals surface area contributed by atoms with Crippen LogP contribution in [0.1, 0.15) is 24.1 Å². The SMILES string of the molecule is COCCN1C(=O)C(=O)/C(=C(/O)c2c(OC)cccc2OC)C1c1ccc(OC(C)=O)cc1. The van der Waals surface area contributed by atoms with Crippen LogP contribution in [0.5, 0.6) is 17.2 Å². The third kappa shape index (κ3) is 4.68. The number of rotatable bonds is 8. The summed E-state index contributed by atoms with van der Waals surface area (Å²) >= 11 is 0. The van der Waals surface area contributed by atoms with Gasteiger partial charge in [0, 0.05) is 20.6 Å². The molecule has 2 aromatic rings. The Morgan fingerprint density at radius 1 is 1.00 bits per heavy atom. The van der Waals surface area contributed by atoms with Gasteiger partial charge in [-0.3, -0.25) is 14.4 Å². The normalized spacial score (nSPS) is 17.2. The minimum atomic E-state index is -0.902. The molecule has 0 radical (unpaired) electrons. The maximum atomic E-state index is 13.1. The average molecular weight is 455 g/mol. The molecule has 0 aromatic heterocycles. The zero-order valence-electron chi connectivity index (χ0n) is 18.8. The lowest BCUT2D eigenvalue weighted by Gasteiger charge is -2.25. The number of carbonyl (C=O) groups excluding carboxylic acids is 3. The zero-order chi connectivity index (χ0) is 24.1. The first-order valence-corrected chi connectivity index (χ1v) is 10.1. The van der Waals surface area contributed by atoms with E-state index in [0.29, 0.717) is 11.3 Å². The highest BCUT2D eigenvalue weighted by Gasteiger charge is 2.46. The van der Waals surface area contributed by atoms with Crippen molar-refractivity contribution < 1.29 is 38.4 Å². The Bertz CT molecular complexity index is 1070. The van der Waals surface area contributed by atoms with Crippen LogP contribution in [0.2, 0.25) is 0 Å². The number of hydrogen-bond donors (Lipinski definition) is 1. The molecule has 9 nitrogen and oxygen atoms in total. The van der Waals surface area contributed by atoms with Crippen molar-refractivity contribution in [3.8, 4) is 17.2 Å². The van der Waals surface area contributed by atoms with E-state index >= 15 is 0 Å². The van der Waals surface area contributed by atoms with E-state index in [1.54, 1.807) is 42.5 Å². The summed E-state index contributed by atoms with van der Waals surface area (Å²) < 4.78 is 20.9. The van der Waals surface area contributed by atoms with Crippen LogP contribution in [0, 0.1) is 0 Å². The molecule has 2 aromatic carbocycles. The molecule has 33 heavy (non-hydrogen) atoms. The number of amides is 1. The number of likely N-dealkylation sites (tertiary alicyclic amines) is 1. The molecule has 1 aliphatic rings. The summed E-state index contributed by atoms with van der Waals surface area (Å²) in [6.07, 6.45) is 0. The minimum absolute atomic E-state index is 0.112. The number of hydrogen-bond acceptors (Lipinski definition) is 8. The summed E-state index contributed by atoms with van der Waals surface area (Å²) in [6.45, 7) is 1.60. The highest BCUT2D eigenvalue weighted by molar-refractivity contribution is 6.46. The Labute approximate surface area is 191 Å². The summed E-state index contributed by atoms with van der Waals surface area (Å²) in [4.78, 5) is 38.6. The molecule has 0 bridgehead atoms. The number of aliphatic hydroxyl groups excluding tert-OH is 1. The molecule has 1 aliphatic heterocycles. The van der Waals surface area contributed by atoms with Crippen molar-refractivity contribution in [3.63, 3.8) is 0 Å². The Hall–Kier alpha value is -3.85. The predicted octanol–water partition coefficient (Wildman–Crippen LogP) is 2.70. The van der Waals surface area contributed by atoms with E-state index in [4.69, 9.17) is 18.9 Å². The number of carbonyl (C=O) groups is 3. The lowest BCUT2D eigenvalue weighted by molar-refractivity contribution is -0.140. The van der Waals surface area contributed by atoms with Crippen molar-refractivity contribution in [3.05, 3.63) is 59.2 Å². The number of Topliss-reactive ketones (excluding diaryl/α,β-unsaturated/α-hetero) is 1. The van der Waals surface area contributed by atoms with Crippen LogP contribution in [-0.4, -0.2) is 62.1 Å². The van der Waals surface area contributed by atoms with Gasteiger partial charge in [-0.1, -0.05) is 18.2 Å². The molecule has 174 valence electrons. The number of nitrogens with zero attached hydrogens (tertiary/aromatic N) is 1. The number of ketones is 1. The first kappa shape index (κ1) is 23.8. The third-order valence-electron chi connectivity index (χ3n) is 5.20. The molecular formula is C24H25NO8. The lowest BCUT2D eigenvalue weighted by atomic mass is 9.94. The number of benzene rings is 2. The lowest BCUT2D eigenvalue weighted by Crippen LogP contribution is -2.32. The van der Waals surface area contributed by atoms with Crippen LogP contribution >= 0.6 is 0 Å². The van der Waals surface area contributed by atoms with Gasteiger partial charge >= 0.3 is 5.97 Å². The van der Waals surface area contributed by atoms with E-state index in [1.807, 2.05) is 0 Å². The van der Waals surface area contributed by atoms with Crippen LogP contribution in [0.25, 0.3) is 5.76 Å². The van der Waals surface area contributed by atoms with Gasteiger partial charge in [-0.05, 0) is 29.8 Å². The molecule has 1 unspecified atom stereocenters. The summed E-state index contributed by atoms with van der Waals surface area (Å²) in [7, 11) is 4.33. The molecule has 3 rings (SSSR count). The fourth-order valence-electron chi connectivity index (χ4n) is 3.75. The van der Waals surface area contributed by atoms with E-state index in [1.165, 1.54) is 33.2 Å². The minimum Gasteiger partial charge on any atom is -0.506 e. The largest absolute Gasteiger partial charge is 0.506 e. The molecule has 0 spiro atoms. The van der Waals surface area contributed by atoms with Gasteiger partial charge in [0.1, 0.15) is 28.6 Å². The van der Waals surface area contributed by atoms with Crippen molar-refractivity contribution in [2.45, 2.75) is 13.0 Å². The standard InChI is InChI=1S/C24H25NO8/c1-14(26)33-16-10-8-15(9-11-16)21-20(23(28)24(29)25(21)12-13-30-2)22(27)19-17(31-3)6-5-7-18(19)32-4/h5-11,21,27H,12-13H2,1-4H3/b22-20+. The van der Waals surface area contributed by atoms with E-state index in [-0.39, 0.29) is 35.8 Å². The molecule has 1 atom stereocenters. The van der Waals surface area contributed by atoms with Gasteiger partial charge in [0.05, 0.1) is 32.4 Å². The molecule has 1 saturated heterocycles. The molecule has 1 amide bonds. The van der Waals surface area contributed by atoms with E-state index in [9.17, 15) is 19.5 Å². The molecule has 0 saturated carbocycles. The maximum Gasteiger partial charge on any atom is 0.308 e. The van der Waals surface area contributed by atoms with Crippen molar-refractivity contribution in [1.82, 2.24) is 4.90 Å². The van der Waals surface area contributed by atoms with Crippen molar-refractivity contribution >= 4 is 23.4 Å². The van der Waals surface area contributed by atoms with Crippen molar-refractivity contribution in [2.24, 2.45) is 0 Å². The highest BCUT2D eigenvalue weighted by Crippen LogP contribution is 2.43. The topological polar surface area (TPSA) is 112 Å². The third-order valence-corrected chi connectivity index (χ3v) is 5.20. The number of esters is 1.